The van der Waals surface area contributed by atoms with E-state index in [1.165, 1.54) is 12.1 Å². The first-order valence-corrected chi connectivity index (χ1v) is 10.5. The molecule has 0 aromatic heterocycles. The van der Waals surface area contributed by atoms with Crippen molar-refractivity contribution in [1.29, 1.82) is 0 Å². The van der Waals surface area contributed by atoms with E-state index in [1.54, 1.807) is 6.07 Å². The van der Waals surface area contributed by atoms with Gasteiger partial charge in [-0.1, -0.05) is 66.2 Å². The van der Waals surface area contributed by atoms with Crippen molar-refractivity contribution >= 4 is 11.6 Å². The van der Waals surface area contributed by atoms with Gasteiger partial charge < -0.3 is 14.8 Å². The Balaban J connectivity index is 1.61. The molecule has 0 bridgehead atoms. The number of nitrogens with one attached hydrogen (secondary N) is 1. The highest BCUT2D eigenvalue weighted by atomic mass is 35.5. The Morgan fingerprint density at radius 2 is 1.70 bits per heavy atom. The van der Waals surface area contributed by atoms with Gasteiger partial charge in [-0.2, -0.15) is 0 Å². The molecule has 4 rings (SSSR count). The molecule has 0 unspecified atom stereocenters. The maximum absolute atomic E-state index is 13.6. The smallest absolute Gasteiger partial charge is 0.123 e. The van der Waals surface area contributed by atoms with Gasteiger partial charge in [-0.3, -0.25) is 0 Å². The molecule has 0 amide bonds. The molecule has 1 N–H and O–H groups in total. The molecule has 5 heteroatoms. The van der Waals surface area contributed by atoms with Crippen LogP contribution in [0.15, 0.2) is 78.9 Å². The van der Waals surface area contributed by atoms with Crippen LogP contribution in [-0.2, 0) is 28.3 Å². The van der Waals surface area contributed by atoms with Crippen LogP contribution >= 0.6 is 11.6 Å². The van der Waals surface area contributed by atoms with Crippen LogP contribution in [0, 0.1) is 5.82 Å². The van der Waals surface area contributed by atoms with E-state index in [-0.39, 0.29) is 11.9 Å². The van der Waals surface area contributed by atoms with Gasteiger partial charge in [0.05, 0.1) is 13.2 Å². The summed E-state index contributed by atoms with van der Waals surface area (Å²) in [5.41, 5.74) is 2.31. The van der Waals surface area contributed by atoms with Crippen molar-refractivity contribution in [1.82, 2.24) is 5.32 Å². The van der Waals surface area contributed by atoms with Gasteiger partial charge in [0, 0.05) is 11.6 Å². The fraction of sp³-hybridized carbons (Fsp3) is 0.280. The zero-order chi connectivity index (χ0) is 20.8. The van der Waals surface area contributed by atoms with Crippen LogP contribution in [0.5, 0.6) is 0 Å². The summed E-state index contributed by atoms with van der Waals surface area (Å²) >= 11 is 6.14. The van der Waals surface area contributed by atoms with E-state index in [0.29, 0.717) is 24.8 Å². The van der Waals surface area contributed by atoms with Crippen LogP contribution in [0.1, 0.15) is 23.1 Å². The fourth-order valence-corrected chi connectivity index (χ4v) is 4.07. The molecule has 1 aliphatic rings. The van der Waals surface area contributed by atoms with Crippen LogP contribution in [0.3, 0.4) is 0 Å². The van der Waals surface area contributed by atoms with E-state index >= 15 is 0 Å². The molecule has 0 spiro atoms. The fourth-order valence-electron chi connectivity index (χ4n) is 3.95. The molecule has 1 heterocycles. The van der Waals surface area contributed by atoms with Crippen molar-refractivity contribution in [2.75, 3.05) is 13.1 Å². The molecule has 1 saturated heterocycles. The first-order valence-electron chi connectivity index (χ1n) is 10.2. The quantitative estimate of drug-likeness (QED) is 0.544. The average Bonchev–Trinajstić information content (AvgIpc) is 2.78. The first-order chi connectivity index (χ1) is 14.7. The second kappa shape index (κ2) is 9.71. The van der Waals surface area contributed by atoms with E-state index in [4.69, 9.17) is 21.1 Å². The minimum absolute atomic E-state index is 0.237. The van der Waals surface area contributed by atoms with Crippen molar-refractivity contribution < 1.29 is 13.9 Å². The monoisotopic (exact) mass is 425 g/mol. The summed E-state index contributed by atoms with van der Waals surface area (Å²) in [5.74, 6) is -0.262. The van der Waals surface area contributed by atoms with Gasteiger partial charge in [0.2, 0.25) is 0 Å². The summed E-state index contributed by atoms with van der Waals surface area (Å²) in [4.78, 5) is 0. The molecule has 3 nitrogen and oxygen atoms in total. The third kappa shape index (κ3) is 4.90. The van der Waals surface area contributed by atoms with E-state index in [1.807, 2.05) is 48.5 Å². The number of rotatable bonds is 7. The molecule has 1 aliphatic heterocycles. The summed E-state index contributed by atoms with van der Waals surface area (Å²) in [6, 6.07) is 24.4. The Hall–Kier alpha value is -2.24. The summed E-state index contributed by atoms with van der Waals surface area (Å²) in [5, 5.41) is 4.09. The maximum atomic E-state index is 13.6. The normalized spacial score (nSPS) is 21.5. The lowest BCUT2D eigenvalue weighted by Gasteiger charge is -2.44. The third-order valence-corrected chi connectivity index (χ3v) is 5.79. The maximum Gasteiger partial charge on any atom is 0.123 e. The number of halogens is 2. The molecule has 30 heavy (non-hydrogen) atoms. The Labute approximate surface area is 181 Å². The van der Waals surface area contributed by atoms with Crippen molar-refractivity contribution in [3.63, 3.8) is 0 Å². The molecule has 1 fully saturated rings. The number of ether oxygens (including phenoxy) is 2. The van der Waals surface area contributed by atoms with Crippen LogP contribution < -0.4 is 5.32 Å². The largest absolute Gasteiger partial charge is 0.369 e. The Morgan fingerprint density at radius 3 is 2.47 bits per heavy atom. The number of hydrogen-bond donors (Lipinski definition) is 1. The Bertz CT molecular complexity index is 951. The minimum Gasteiger partial charge on any atom is -0.369 e. The highest BCUT2D eigenvalue weighted by Gasteiger charge is 2.44. The molecular formula is C25H25ClFNO2. The van der Waals surface area contributed by atoms with E-state index < -0.39 is 5.60 Å². The van der Waals surface area contributed by atoms with Crippen molar-refractivity contribution in [2.24, 2.45) is 0 Å². The Morgan fingerprint density at radius 1 is 0.933 bits per heavy atom. The van der Waals surface area contributed by atoms with E-state index in [9.17, 15) is 4.39 Å². The summed E-state index contributed by atoms with van der Waals surface area (Å²) in [7, 11) is 0. The minimum atomic E-state index is -0.626. The third-order valence-electron chi connectivity index (χ3n) is 5.54. The van der Waals surface area contributed by atoms with Crippen LogP contribution in [-0.4, -0.2) is 19.2 Å². The lowest BCUT2D eigenvalue weighted by molar-refractivity contribution is -0.176. The number of piperidine rings is 1. The lowest BCUT2D eigenvalue weighted by Crippen LogP contribution is -2.54. The molecule has 3 aromatic rings. The molecule has 3 aromatic carbocycles. The first kappa shape index (κ1) is 21.0. The van der Waals surface area contributed by atoms with Gasteiger partial charge in [0.15, 0.2) is 0 Å². The number of benzene rings is 3. The predicted molar refractivity (Wildman–Crippen MR) is 117 cm³/mol. The van der Waals surface area contributed by atoms with Gasteiger partial charge in [-0.15, -0.1) is 0 Å². The molecular weight excluding hydrogens is 401 g/mol. The summed E-state index contributed by atoms with van der Waals surface area (Å²) in [6.07, 6.45) is 0.523. The average molecular weight is 426 g/mol. The van der Waals surface area contributed by atoms with Gasteiger partial charge in [0.1, 0.15) is 17.5 Å². The van der Waals surface area contributed by atoms with Gasteiger partial charge in [-0.05, 0) is 53.9 Å². The number of hydrogen-bond acceptors (Lipinski definition) is 3. The van der Waals surface area contributed by atoms with Crippen molar-refractivity contribution in [2.45, 2.75) is 31.3 Å². The highest BCUT2D eigenvalue weighted by molar-refractivity contribution is 6.30. The topological polar surface area (TPSA) is 30.5 Å². The predicted octanol–water partition coefficient (Wildman–Crippen LogP) is 5.47. The Kier molecular flexibility index (Phi) is 6.80. The SMILES string of the molecule is Fc1cccc(CO[C@H]2CNCC[C@]2(OCc2ccccc2)c2ccc(Cl)cc2)c1. The van der Waals surface area contributed by atoms with Crippen molar-refractivity contribution in [3.8, 4) is 0 Å². The van der Waals surface area contributed by atoms with Crippen LogP contribution in [0.25, 0.3) is 0 Å². The summed E-state index contributed by atoms with van der Waals surface area (Å²) in [6.45, 7) is 2.25. The van der Waals surface area contributed by atoms with Gasteiger partial charge in [0.25, 0.3) is 0 Å². The van der Waals surface area contributed by atoms with Gasteiger partial charge >= 0.3 is 0 Å². The van der Waals surface area contributed by atoms with Crippen molar-refractivity contribution in [3.05, 3.63) is 106 Å². The molecule has 0 radical (unpaired) electrons. The molecule has 156 valence electrons. The standard InChI is InChI=1S/C25H25ClFNO2/c26-22-11-9-21(10-12-22)25(30-18-19-5-2-1-3-6-19)13-14-28-16-24(25)29-17-20-7-4-8-23(27)15-20/h1-12,15,24,28H,13-14,16-18H2/t24-,25-/m0/s1. The highest BCUT2D eigenvalue weighted by Crippen LogP contribution is 2.38. The second-order valence-electron chi connectivity index (χ2n) is 7.55. The van der Waals surface area contributed by atoms with E-state index in [2.05, 4.69) is 17.4 Å². The zero-order valence-electron chi connectivity index (χ0n) is 16.7. The molecule has 0 saturated carbocycles. The van der Waals surface area contributed by atoms with Crippen LogP contribution in [0.4, 0.5) is 4.39 Å². The lowest BCUT2D eigenvalue weighted by atomic mass is 9.82. The van der Waals surface area contributed by atoms with Gasteiger partial charge in [-0.25, -0.2) is 4.39 Å². The molecule has 0 aliphatic carbocycles. The molecule has 2 atom stereocenters. The second-order valence-corrected chi connectivity index (χ2v) is 7.99. The summed E-state index contributed by atoms with van der Waals surface area (Å²) < 4.78 is 26.5. The van der Waals surface area contributed by atoms with E-state index in [0.717, 1.165) is 29.7 Å². The van der Waals surface area contributed by atoms with Crippen LogP contribution in [0.2, 0.25) is 5.02 Å². The zero-order valence-corrected chi connectivity index (χ0v) is 17.4.